The van der Waals surface area contributed by atoms with Gasteiger partial charge in [-0.15, -0.1) is 35.3 Å². The highest BCUT2D eigenvalue weighted by Crippen LogP contribution is 2.36. The van der Waals surface area contributed by atoms with Gasteiger partial charge in [-0.05, 0) is 75.4 Å². The smallest absolute Gasteiger partial charge is 0.191 e. The molecule has 1 aromatic carbocycles. The number of aliphatic imine (C=N–C) groups is 1. The molecule has 1 fully saturated rings. The number of nitrogens with one attached hydrogen (secondary N) is 2. The molecule has 1 aliphatic rings. The van der Waals surface area contributed by atoms with Crippen LogP contribution in [0.15, 0.2) is 46.8 Å². The van der Waals surface area contributed by atoms with Crippen molar-refractivity contribution in [1.29, 1.82) is 0 Å². The lowest BCUT2D eigenvalue weighted by atomic mass is 9.88. The number of nitrogens with zero attached hydrogens (tertiary/aromatic N) is 3. The second-order valence-corrected chi connectivity index (χ2v) is 9.55. The minimum absolute atomic E-state index is 0. The predicted molar refractivity (Wildman–Crippen MR) is 149 cm³/mol. The first-order chi connectivity index (χ1) is 15.1. The highest BCUT2D eigenvalue weighted by molar-refractivity contribution is 14.0. The number of thiophene rings is 1. The summed E-state index contributed by atoms with van der Waals surface area (Å²) in [5.74, 6) is 1.51. The highest BCUT2D eigenvalue weighted by atomic mass is 127. The fourth-order valence-corrected chi connectivity index (χ4v) is 5.36. The van der Waals surface area contributed by atoms with Crippen molar-refractivity contribution in [3.8, 4) is 0 Å². The van der Waals surface area contributed by atoms with Gasteiger partial charge in [-0.25, -0.2) is 4.99 Å². The number of hydrogen-bond donors (Lipinski definition) is 2. The van der Waals surface area contributed by atoms with E-state index in [0.717, 1.165) is 32.1 Å². The fourth-order valence-electron chi connectivity index (χ4n) is 4.37. The van der Waals surface area contributed by atoms with Crippen LogP contribution in [0.3, 0.4) is 0 Å². The average Bonchev–Trinajstić information content (AvgIpc) is 3.30. The second-order valence-electron chi connectivity index (χ2n) is 8.57. The van der Waals surface area contributed by atoms with Gasteiger partial charge in [0.2, 0.25) is 0 Å². The summed E-state index contributed by atoms with van der Waals surface area (Å²) >= 11 is 1.88. The van der Waals surface area contributed by atoms with E-state index in [-0.39, 0.29) is 24.0 Å². The number of likely N-dealkylation sites (tertiary alicyclic amines) is 1. The zero-order chi connectivity index (χ0) is 22.1. The molecular formula is C25H40IN5S. The summed E-state index contributed by atoms with van der Waals surface area (Å²) in [4.78, 5) is 11.2. The molecule has 2 N–H and O–H groups in total. The summed E-state index contributed by atoms with van der Waals surface area (Å²) in [6, 6.07) is 13.8. The number of rotatable bonds is 9. The third-order valence-electron chi connectivity index (χ3n) is 6.12. The van der Waals surface area contributed by atoms with Gasteiger partial charge in [-0.3, -0.25) is 4.90 Å². The number of hydrogen-bond acceptors (Lipinski definition) is 4. The molecule has 2 heterocycles. The Morgan fingerprint density at radius 1 is 1.19 bits per heavy atom. The topological polar surface area (TPSA) is 42.9 Å². The number of benzene rings is 1. The van der Waals surface area contributed by atoms with E-state index in [0.29, 0.717) is 18.5 Å². The molecule has 0 saturated carbocycles. The Balaban J connectivity index is 0.00000363. The van der Waals surface area contributed by atoms with E-state index in [1.165, 1.54) is 35.4 Å². The first kappa shape index (κ1) is 27.1. The average molecular weight is 570 g/mol. The van der Waals surface area contributed by atoms with E-state index >= 15 is 0 Å². The molecule has 0 aliphatic carbocycles. The van der Waals surface area contributed by atoms with Crippen molar-refractivity contribution >= 4 is 41.3 Å². The Kier molecular flexibility index (Phi) is 12.0. The predicted octanol–water partition coefficient (Wildman–Crippen LogP) is 4.96. The molecule has 0 bridgehead atoms. The quantitative estimate of drug-likeness (QED) is 0.255. The molecule has 2 atom stereocenters. The third kappa shape index (κ3) is 8.01. The van der Waals surface area contributed by atoms with Gasteiger partial charge in [-0.2, -0.15) is 0 Å². The molecular weight excluding hydrogens is 529 g/mol. The molecule has 0 spiro atoms. The van der Waals surface area contributed by atoms with Crippen LogP contribution in [-0.2, 0) is 13.1 Å². The van der Waals surface area contributed by atoms with E-state index in [1.807, 2.05) is 11.3 Å². The van der Waals surface area contributed by atoms with Crippen molar-refractivity contribution in [2.75, 3.05) is 40.3 Å². The van der Waals surface area contributed by atoms with Crippen molar-refractivity contribution < 1.29 is 0 Å². The number of halogens is 1. The van der Waals surface area contributed by atoms with Crippen LogP contribution in [0.5, 0.6) is 0 Å². The van der Waals surface area contributed by atoms with Crippen LogP contribution < -0.4 is 10.6 Å². The molecule has 0 radical (unpaired) electrons. The zero-order valence-electron chi connectivity index (χ0n) is 20.0. The molecule has 178 valence electrons. The van der Waals surface area contributed by atoms with Crippen molar-refractivity contribution in [3.05, 3.63) is 57.8 Å². The SMILES string of the molecule is CCNC(=NCc1cccc(CN(C)CC)c1)NCC1CCCN(C)C1c1cccs1.I. The standard InChI is InChI=1S/C25H39N5S.HI/c1-5-26-25(27-17-20-10-7-11-21(16-20)19-29(3)6-2)28-18-22-12-8-14-30(4)24(22)23-13-9-15-31-23;/h7,9-11,13,15-16,22,24H,5-6,8,12,14,17-19H2,1-4H3,(H2,26,27,28);1H. The Bertz CT molecular complexity index is 810. The number of piperidine rings is 1. The van der Waals surface area contributed by atoms with Crippen molar-refractivity contribution in [3.63, 3.8) is 0 Å². The fraction of sp³-hybridized carbons (Fsp3) is 0.560. The normalized spacial score (nSPS) is 19.6. The second kappa shape index (κ2) is 14.2. The molecule has 3 rings (SSSR count). The third-order valence-corrected chi connectivity index (χ3v) is 7.06. The van der Waals surface area contributed by atoms with Crippen LogP contribution >= 0.6 is 35.3 Å². The Morgan fingerprint density at radius 2 is 2.00 bits per heavy atom. The minimum atomic E-state index is 0. The molecule has 2 unspecified atom stereocenters. The van der Waals surface area contributed by atoms with Crippen molar-refractivity contribution in [2.45, 2.75) is 45.8 Å². The van der Waals surface area contributed by atoms with Gasteiger partial charge < -0.3 is 15.5 Å². The molecule has 0 amide bonds. The lowest BCUT2D eigenvalue weighted by Gasteiger charge is -2.39. The number of guanidine groups is 1. The van der Waals surface area contributed by atoms with Crippen LogP contribution in [0.1, 0.15) is 48.7 Å². The molecule has 1 aromatic heterocycles. The highest BCUT2D eigenvalue weighted by Gasteiger charge is 2.31. The lowest BCUT2D eigenvalue weighted by Crippen LogP contribution is -2.44. The first-order valence-electron chi connectivity index (χ1n) is 11.6. The van der Waals surface area contributed by atoms with Gasteiger partial charge in [0.1, 0.15) is 0 Å². The van der Waals surface area contributed by atoms with Gasteiger partial charge in [0.15, 0.2) is 5.96 Å². The van der Waals surface area contributed by atoms with Crippen molar-refractivity contribution in [2.24, 2.45) is 10.9 Å². The van der Waals surface area contributed by atoms with E-state index in [9.17, 15) is 0 Å². The van der Waals surface area contributed by atoms with Crippen LogP contribution in [-0.4, -0.2) is 56.0 Å². The maximum Gasteiger partial charge on any atom is 0.191 e. The van der Waals surface area contributed by atoms with Gasteiger partial charge in [0.25, 0.3) is 0 Å². The summed E-state index contributed by atoms with van der Waals surface area (Å²) in [5.41, 5.74) is 2.60. The first-order valence-corrected chi connectivity index (χ1v) is 12.5. The monoisotopic (exact) mass is 569 g/mol. The van der Waals surface area contributed by atoms with Gasteiger partial charge in [-0.1, -0.05) is 37.3 Å². The van der Waals surface area contributed by atoms with Crippen molar-refractivity contribution in [1.82, 2.24) is 20.4 Å². The van der Waals surface area contributed by atoms with E-state index in [2.05, 4.69) is 90.2 Å². The van der Waals surface area contributed by atoms with E-state index < -0.39 is 0 Å². The summed E-state index contributed by atoms with van der Waals surface area (Å²) < 4.78 is 0. The molecule has 5 nitrogen and oxygen atoms in total. The maximum atomic E-state index is 4.89. The van der Waals surface area contributed by atoms with Crippen LogP contribution in [0.4, 0.5) is 0 Å². The van der Waals surface area contributed by atoms with Crippen LogP contribution in [0.2, 0.25) is 0 Å². The van der Waals surface area contributed by atoms with Gasteiger partial charge in [0.05, 0.1) is 6.54 Å². The van der Waals surface area contributed by atoms with Crippen LogP contribution in [0.25, 0.3) is 0 Å². The largest absolute Gasteiger partial charge is 0.357 e. The summed E-state index contributed by atoms with van der Waals surface area (Å²) in [6.45, 7) is 10.0. The van der Waals surface area contributed by atoms with E-state index in [4.69, 9.17) is 4.99 Å². The molecule has 1 saturated heterocycles. The molecule has 32 heavy (non-hydrogen) atoms. The summed E-state index contributed by atoms with van der Waals surface area (Å²) in [7, 11) is 4.42. The molecule has 1 aliphatic heterocycles. The minimum Gasteiger partial charge on any atom is -0.357 e. The summed E-state index contributed by atoms with van der Waals surface area (Å²) in [5, 5.41) is 9.26. The Labute approximate surface area is 215 Å². The lowest BCUT2D eigenvalue weighted by molar-refractivity contribution is 0.125. The Hall–Kier alpha value is -1.16. The molecule has 7 heteroatoms. The van der Waals surface area contributed by atoms with E-state index in [1.54, 1.807) is 0 Å². The van der Waals surface area contributed by atoms with Gasteiger partial charge in [0, 0.05) is 30.6 Å². The summed E-state index contributed by atoms with van der Waals surface area (Å²) in [6.07, 6.45) is 2.52. The Morgan fingerprint density at radius 3 is 2.72 bits per heavy atom. The van der Waals surface area contributed by atoms with Crippen LogP contribution in [0, 0.1) is 5.92 Å². The molecule has 2 aromatic rings. The zero-order valence-corrected chi connectivity index (χ0v) is 23.2. The maximum absolute atomic E-state index is 4.89. The van der Waals surface area contributed by atoms with Gasteiger partial charge >= 0.3 is 0 Å².